The number of aromatic nitrogens is 5. The fraction of sp³-hybridized carbons (Fsp3) is 0.409. The Balaban J connectivity index is 1.26. The molecule has 0 bridgehead atoms. The standard InChI is InChI=1S/C22H25N7OS/c1-13-15(3)31-22-18(13)20(23-12-24-22)28-10-7-16(8-11-28)21(30)25-14(2)19-27-26-17-6-4-5-9-29(17)19/h4-6,9,12,14,16H,7-8,10-11H2,1-3H3,(H,25,30). The Morgan fingerprint density at radius 2 is 2.00 bits per heavy atom. The topological polar surface area (TPSA) is 88.3 Å². The van der Waals surface area contributed by atoms with E-state index in [9.17, 15) is 4.79 Å². The first-order chi connectivity index (χ1) is 15.0. The van der Waals surface area contributed by atoms with Crippen molar-refractivity contribution in [1.29, 1.82) is 0 Å². The molecule has 1 unspecified atom stereocenters. The maximum absolute atomic E-state index is 12.9. The average Bonchev–Trinajstić information content (AvgIpc) is 3.35. The van der Waals surface area contributed by atoms with Crippen molar-refractivity contribution in [3.05, 3.63) is 47.0 Å². The molecule has 0 saturated carbocycles. The second kappa shape index (κ2) is 7.88. The monoisotopic (exact) mass is 435 g/mol. The molecule has 0 spiro atoms. The van der Waals surface area contributed by atoms with Crippen LogP contribution < -0.4 is 10.2 Å². The lowest BCUT2D eigenvalue weighted by Gasteiger charge is -2.33. The van der Waals surface area contributed by atoms with Crippen LogP contribution in [-0.4, -0.2) is 43.6 Å². The Labute approximate surface area is 184 Å². The second-order valence-electron chi connectivity index (χ2n) is 8.14. The number of nitrogens with zero attached hydrogens (tertiary/aromatic N) is 6. The van der Waals surface area contributed by atoms with Gasteiger partial charge in [-0.2, -0.15) is 0 Å². The maximum Gasteiger partial charge on any atom is 0.223 e. The summed E-state index contributed by atoms with van der Waals surface area (Å²) in [6, 6.07) is 5.56. The minimum Gasteiger partial charge on any atom is -0.356 e. The summed E-state index contributed by atoms with van der Waals surface area (Å²) in [5.41, 5.74) is 2.03. The van der Waals surface area contributed by atoms with Crippen molar-refractivity contribution in [1.82, 2.24) is 29.9 Å². The van der Waals surface area contributed by atoms with Gasteiger partial charge >= 0.3 is 0 Å². The minimum absolute atomic E-state index is 0.0134. The molecule has 9 heteroatoms. The lowest BCUT2D eigenvalue weighted by molar-refractivity contribution is -0.126. The fourth-order valence-electron chi connectivity index (χ4n) is 4.31. The number of pyridine rings is 1. The molecular weight excluding hydrogens is 410 g/mol. The van der Waals surface area contributed by atoms with E-state index in [0.29, 0.717) is 0 Å². The van der Waals surface area contributed by atoms with Gasteiger partial charge in [0.25, 0.3) is 0 Å². The summed E-state index contributed by atoms with van der Waals surface area (Å²) >= 11 is 1.71. The molecule has 4 aromatic rings. The number of rotatable bonds is 4. The molecule has 5 heterocycles. The number of aryl methyl sites for hydroxylation is 2. The van der Waals surface area contributed by atoms with Crippen LogP contribution in [0.15, 0.2) is 30.7 Å². The van der Waals surface area contributed by atoms with Crippen LogP contribution in [0.25, 0.3) is 15.9 Å². The highest BCUT2D eigenvalue weighted by Gasteiger charge is 2.28. The molecule has 1 atom stereocenters. The highest BCUT2D eigenvalue weighted by Crippen LogP contribution is 2.35. The number of hydrogen-bond donors (Lipinski definition) is 1. The molecule has 4 aromatic heterocycles. The van der Waals surface area contributed by atoms with Crippen molar-refractivity contribution in [3.8, 4) is 0 Å². The quantitative estimate of drug-likeness (QED) is 0.528. The number of anilines is 1. The largest absolute Gasteiger partial charge is 0.356 e. The number of fused-ring (bicyclic) bond motifs is 2. The van der Waals surface area contributed by atoms with Crippen LogP contribution in [0.3, 0.4) is 0 Å². The van der Waals surface area contributed by atoms with Crippen molar-refractivity contribution in [2.24, 2.45) is 5.92 Å². The lowest BCUT2D eigenvalue weighted by Crippen LogP contribution is -2.41. The Hall–Kier alpha value is -3.07. The smallest absolute Gasteiger partial charge is 0.223 e. The van der Waals surface area contributed by atoms with Crippen LogP contribution in [0, 0.1) is 19.8 Å². The lowest BCUT2D eigenvalue weighted by atomic mass is 9.95. The van der Waals surface area contributed by atoms with E-state index < -0.39 is 0 Å². The van der Waals surface area contributed by atoms with E-state index in [4.69, 9.17) is 0 Å². The third kappa shape index (κ3) is 3.52. The molecule has 0 aliphatic carbocycles. The molecule has 1 aliphatic heterocycles. The molecule has 1 N–H and O–H groups in total. The van der Waals surface area contributed by atoms with Gasteiger partial charge in [-0.3, -0.25) is 9.20 Å². The van der Waals surface area contributed by atoms with Gasteiger partial charge in [0.2, 0.25) is 5.91 Å². The zero-order valence-electron chi connectivity index (χ0n) is 17.9. The van der Waals surface area contributed by atoms with Crippen LogP contribution in [0.5, 0.6) is 0 Å². The first kappa shape index (κ1) is 19.9. The number of hydrogen-bond acceptors (Lipinski definition) is 7. The number of carbonyl (C=O) groups excluding carboxylic acids is 1. The van der Waals surface area contributed by atoms with Gasteiger partial charge in [-0.15, -0.1) is 21.5 Å². The molecule has 1 aliphatic rings. The van der Waals surface area contributed by atoms with Crippen LogP contribution in [0.2, 0.25) is 0 Å². The van der Waals surface area contributed by atoms with Crippen molar-refractivity contribution in [2.75, 3.05) is 18.0 Å². The van der Waals surface area contributed by atoms with Crippen molar-refractivity contribution in [3.63, 3.8) is 0 Å². The van der Waals surface area contributed by atoms with E-state index >= 15 is 0 Å². The van der Waals surface area contributed by atoms with Crippen molar-refractivity contribution >= 4 is 38.9 Å². The highest BCUT2D eigenvalue weighted by molar-refractivity contribution is 7.18. The van der Waals surface area contributed by atoms with Gasteiger partial charge in [-0.25, -0.2) is 9.97 Å². The highest BCUT2D eigenvalue weighted by atomic mass is 32.1. The van der Waals surface area contributed by atoms with Gasteiger partial charge in [0, 0.05) is 30.1 Å². The maximum atomic E-state index is 12.9. The third-order valence-electron chi connectivity index (χ3n) is 6.20. The van der Waals surface area contributed by atoms with E-state index in [0.717, 1.165) is 53.4 Å². The van der Waals surface area contributed by atoms with Gasteiger partial charge in [0.1, 0.15) is 17.0 Å². The Morgan fingerprint density at radius 3 is 2.81 bits per heavy atom. The number of carbonyl (C=O) groups is 1. The molecule has 5 rings (SSSR count). The number of amides is 1. The third-order valence-corrected chi connectivity index (χ3v) is 7.31. The molecule has 8 nitrogen and oxygen atoms in total. The summed E-state index contributed by atoms with van der Waals surface area (Å²) in [5, 5.41) is 12.7. The van der Waals surface area contributed by atoms with Crippen molar-refractivity contribution in [2.45, 2.75) is 39.7 Å². The van der Waals surface area contributed by atoms with Gasteiger partial charge in [-0.1, -0.05) is 6.07 Å². The summed E-state index contributed by atoms with van der Waals surface area (Å²) < 4.78 is 1.92. The molecular formula is C22H25N7OS. The van der Waals surface area contributed by atoms with Crippen molar-refractivity contribution < 1.29 is 4.79 Å². The molecule has 0 radical (unpaired) electrons. The predicted molar refractivity (Wildman–Crippen MR) is 121 cm³/mol. The summed E-state index contributed by atoms with van der Waals surface area (Å²) in [6.45, 7) is 7.83. The van der Waals surface area contributed by atoms with E-state index in [-0.39, 0.29) is 17.9 Å². The molecule has 31 heavy (non-hydrogen) atoms. The molecule has 160 valence electrons. The zero-order valence-corrected chi connectivity index (χ0v) is 18.7. The average molecular weight is 436 g/mol. The minimum atomic E-state index is -0.208. The first-order valence-electron chi connectivity index (χ1n) is 10.6. The predicted octanol–water partition coefficient (Wildman–Crippen LogP) is 3.44. The van der Waals surface area contributed by atoms with Gasteiger partial charge < -0.3 is 10.2 Å². The zero-order chi connectivity index (χ0) is 21.5. The first-order valence-corrected chi connectivity index (χ1v) is 11.4. The molecule has 1 fully saturated rings. The van der Waals surface area contributed by atoms with Gasteiger partial charge in [0.05, 0.1) is 11.4 Å². The van der Waals surface area contributed by atoms with Crippen LogP contribution in [0.1, 0.15) is 42.1 Å². The fourth-order valence-corrected chi connectivity index (χ4v) is 5.30. The van der Waals surface area contributed by atoms with E-state index in [2.05, 4.69) is 44.2 Å². The summed E-state index contributed by atoms with van der Waals surface area (Å²) in [5.74, 6) is 1.80. The van der Waals surface area contributed by atoms with E-state index in [1.165, 1.54) is 10.4 Å². The number of nitrogens with one attached hydrogen (secondary N) is 1. The van der Waals surface area contributed by atoms with E-state index in [1.807, 2.05) is 35.7 Å². The van der Waals surface area contributed by atoms with Crippen LogP contribution in [0.4, 0.5) is 5.82 Å². The Morgan fingerprint density at radius 1 is 1.19 bits per heavy atom. The molecule has 0 aromatic carbocycles. The van der Waals surface area contributed by atoms with Crippen LogP contribution in [-0.2, 0) is 4.79 Å². The summed E-state index contributed by atoms with van der Waals surface area (Å²) in [6.07, 6.45) is 5.17. The Bertz CT molecular complexity index is 1260. The van der Waals surface area contributed by atoms with Gasteiger partial charge in [-0.05, 0) is 51.3 Å². The van der Waals surface area contributed by atoms with Gasteiger partial charge in [0.15, 0.2) is 11.5 Å². The molecule has 1 amide bonds. The SMILES string of the molecule is Cc1sc2ncnc(N3CCC(C(=O)NC(C)c4nnc5ccccn45)CC3)c2c1C. The summed E-state index contributed by atoms with van der Waals surface area (Å²) in [4.78, 5) is 26.6. The van der Waals surface area contributed by atoms with E-state index in [1.54, 1.807) is 17.7 Å². The summed E-state index contributed by atoms with van der Waals surface area (Å²) in [7, 11) is 0. The Kier molecular flexibility index (Phi) is 5.05. The molecule has 1 saturated heterocycles. The second-order valence-corrected chi connectivity index (χ2v) is 9.34. The van der Waals surface area contributed by atoms with Crippen LogP contribution >= 0.6 is 11.3 Å². The normalized spacial score (nSPS) is 16.2. The number of piperidine rings is 1. The number of thiophene rings is 1.